The van der Waals surface area contributed by atoms with Gasteiger partial charge >= 0.3 is 0 Å². The largest absolute Gasteiger partial charge is 0.327 e. The third-order valence-corrected chi connectivity index (χ3v) is 9.19. The molecule has 0 radical (unpaired) electrons. The molecule has 0 spiro atoms. The van der Waals surface area contributed by atoms with Crippen LogP contribution in [0.1, 0.15) is 96.8 Å². The molecule has 3 nitrogen and oxygen atoms in total. The number of benzene rings is 3. The number of unbranched alkanes of at least 4 members (excludes halogenated alkanes) is 3. The summed E-state index contributed by atoms with van der Waals surface area (Å²) in [5.41, 5.74) is 4.37. The van der Waals surface area contributed by atoms with Gasteiger partial charge in [-0.05, 0) is 40.0 Å². The predicted octanol–water partition coefficient (Wildman–Crippen LogP) is 10.4. The van der Waals surface area contributed by atoms with Gasteiger partial charge in [0.1, 0.15) is 19.6 Å². The van der Waals surface area contributed by atoms with Crippen LogP contribution >= 0.6 is 0 Å². The molecule has 0 aromatic heterocycles. The Labute approximate surface area is 280 Å². The Morgan fingerprint density at radius 2 is 0.667 bits per heavy atom. The topological polar surface area (TPSA) is 0 Å². The van der Waals surface area contributed by atoms with Crippen LogP contribution in [0.3, 0.4) is 0 Å². The number of hydrogen-bond acceptors (Lipinski definition) is 0. The van der Waals surface area contributed by atoms with E-state index in [4.69, 9.17) is 0 Å². The summed E-state index contributed by atoms with van der Waals surface area (Å²) in [4.78, 5) is 0. The van der Waals surface area contributed by atoms with Crippen molar-refractivity contribution in [3.63, 3.8) is 0 Å². The number of nitrogens with zero attached hydrogens (tertiary/aromatic N) is 3. The lowest BCUT2D eigenvalue weighted by molar-refractivity contribution is -0.941. The highest BCUT2D eigenvalue weighted by Crippen LogP contribution is 2.20. The average Bonchev–Trinajstić information content (AvgIpc) is 3.05. The van der Waals surface area contributed by atoms with E-state index >= 15 is 0 Å². The minimum atomic E-state index is 0.990. The zero-order valence-corrected chi connectivity index (χ0v) is 31.1. The molecule has 0 bridgehead atoms. The summed E-state index contributed by atoms with van der Waals surface area (Å²) < 4.78 is 3.49. The SMILES string of the molecule is CCCC[N+](CCCC)(CCCC)Cc1ccccc1.CC[N+](CC)(CC)Cc1ccccc1.C[N+](C)(C)Cc1ccccc1. The maximum atomic E-state index is 2.32. The first-order valence-electron chi connectivity index (χ1n) is 18.2. The first-order chi connectivity index (χ1) is 21.6. The molecule has 3 rings (SSSR count). The zero-order valence-electron chi connectivity index (χ0n) is 31.1. The third-order valence-electron chi connectivity index (χ3n) is 9.19. The van der Waals surface area contributed by atoms with E-state index in [2.05, 4.69) is 154 Å². The van der Waals surface area contributed by atoms with Crippen molar-refractivity contribution in [1.29, 1.82) is 0 Å². The number of hydrogen-bond donors (Lipinski definition) is 0. The van der Waals surface area contributed by atoms with Crippen LogP contribution in [-0.4, -0.2) is 73.9 Å². The van der Waals surface area contributed by atoms with Crippen LogP contribution in [0.15, 0.2) is 91.0 Å². The van der Waals surface area contributed by atoms with Crippen molar-refractivity contribution < 1.29 is 13.4 Å². The Balaban J connectivity index is 0.000000354. The van der Waals surface area contributed by atoms with Crippen molar-refractivity contribution in [1.82, 2.24) is 0 Å². The molecule has 0 aliphatic carbocycles. The lowest BCUT2D eigenvalue weighted by atomic mass is 10.1. The van der Waals surface area contributed by atoms with E-state index in [0.717, 1.165) is 11.0 Å². The standard InChI is InChI=1S/C19H34N.C13H22N.C10H16N/c1-4-7-15-20(16-8-5-2,17-9-6-3)18-19-13-11-10-12-14-19;1-4-14(5-2,6-3)12-13-10-8-7-9-11-13;1-11(2,3)9-10-7-5-4-6-8-10/h10-14H,4-9,15-18H2,1-3H3;7-11H,4-6,12H2,1-3H3;4-8H,9H2,1-3H3/q3*+1. The van der Waals surface area contributed by atoms with Gasteiger partial charge in [0.2, 0.25) is 0 Å². The normalized spacial score (nSPS) is 11.7. The smallest absolute Gasteiger partial charge is 0.104 e. The Bertz CT molecular complexity index is 1040. The predicted molar refractivity (Wildman–Crippen MR) is 200 cm³/mol. The van der Waals surface area contributed by atoms with E-state index in [9.17, 15) is 0 Å². The summed E-state index contributed by atoms with van der Waals surface area (Å²) in [5, 5.41) is 0. The monoisotopic (exact) mass is 619 g/mol. The van der Waals surface area contributed by atoms with Gasteiger partial charge in [0, 0.05) is 16.7 Å². The maximum Gasteiger partial charge on any atom is 0.104 e. The van der Waals surface area contributed by atoms with Crippen molar-refractivity contribution in [3.05, 3.63) is 108 Å². The molecule has 0 atom stereocenters. The van der Waals surface area contributed by atoms with E-state index in [-0.39, 0.29) is 0 Å². The Hall–Kier alpha value is -2.46. The fraction of sp³-hybridized carbons (Fsp3) is 0.571. The highest BCUT2D eigenvalue weighted by Gasteiger charge is 2.26. The summed E-state index contributed by atoms with van der Waals surface area (Å²) in [6.45, 7) is 25.0. The van der Waals surface area contributed by atoms with Gasteiger partial charge in [0.25, 0.3) is 0 Å². The second-order valence-corrected chi connectivity index (χ2v) is 14.1. The number of rotatable bonds is 18. The highest BCUT2D eigenvalue weighted by molar-refractivity contribution is 5.14. The van der Waals surface area contributed by atoms with Crippen molar-refractivity contribution in [2.45, 2.75) is 99.7 Å². The second kappa shape index (κ2) is 23.0. The minimum Gasteiger partial charge on any atom is -0.327 e. The molecule has 0 heterocycles. The first-order valence-corrected chi connectivity index (χ1v) is 18.2. The number of quaternary nitrogens is 3. The molecule has 0 N–H and O–H groups in total. The van der Waals surface area contributed by atoms with Crippen LogP contribution in [0.2, 0.25) is 0 Å². The van der Waals surface area contributed by atoms with Crippen LogP contribution in [0.5, 0.6) is 0 Å². The van der Waals surface area contributed by atoms with Gasteiger partial charge in [0.05, 0.1) is 60.4 Å². The van der Waals surface area contributed by atoms with E-state index < -0.39 is 0 Å². The van der Waals surface area contributed by atoms with Gasteiger partial charge in [-0.1, -0.05) is 131 Å². The fourth-order valence-corrected chi connectivity index (χ4v) is 6.13. The Morgan fingerprint density at radius 1 is 0.378 bits per heavy atom. The molecule has 0 saturated heterocycles. The van der Waals surface area contributed by atoms with Crippen LogP contribution in [0.4, 0.5) is 0 Å². The summed E-state index contributed by atoms with van der Waals surface area (Å²) in [7, 11) is 6.60. The van der Waals surface area contributed by atoms with Gasteiger partial charge in [-0.3, -0.25) is 0 Å². The lowest BCUT2D eigenvalue weighted by Crippen LogP contribution is -2.49. The van der Waals surface area contributed by atoms with Gasteiger partial charge in [-0.15, -0.1) is 0 Å². The van der Waals surface area contributed by atoms with Crippen LogP contribution in [-0.2, 0) is 19.6 Å². The Kier molecular flexibility index (Phi) is 20.7. The third kappa shape index (κ3) is 17.7. The van der Waals surface area contributed by atoms with Crippen molar-refractivity contribution >= 4 is 0 Å². The summed E-state index contributed by atoms with van der Waals surface area (Å²) >= 11 is 0. The molecule has 252 valence electrons. The van der Waals surface area contributed by atoms with Crippen LogP contribution in [0, 0.1) is 0 Å². The van der Waals surface area contributed by atoms with E-state index in [0.29, 0.717) is 0 Å². The van der Waals surface area contributed by atoms with E-state index in [1.165, 1.54) is 117 Å². The molecule has 45 heavy (non-hydrogen) atoms. The highest BCUT2D eigenvalue weighted by atomic mass is 15.3. The quantitative estimate of drug-likeness (QED) is 0.124. The van der Waals surface area contributed by atoms with Gasteiger partial charge < -0.3 is 13.4 Å². The van der Waals surface area contributed by atoms with Crippen molar-refractivity contribution in [2.75, 3.05) is 60.4 Å². The minimum absolute atomic E-state index is 0.990. The summed E-state index contributed by atoms with van der Waals surface area (Å²) in [6.07, 6.45) is 8.02. The molecule has 0 aliphatic rings. The van der Waals surface area contributed by atoms with Gasteiger partial charge in [0.15, 0.2) is 0 Å². The van der Waals surface area contributed by atoms with Crippen LogP contribution in [0.25, 0.3) is 0 Å². The van der Waals surface area contributed by atoms with E-state index in [1.54, 1.807) is 0 Å². The molecule has 3 aromatic rings. The molecule has 0 aliphatic heterocycles. The molecule has 0 saturated carbocycles. The second-order valence-electron chi connectivity index (χ2n) is 14.1. The average molecular weight is 619 g/mol. The molecule has 3 aromatic carbocycles. The van der Waals surface area contributed by atoms with Gasteiger partial charge in [-0.25, -0.2) is 0 Å². The molecule has 0 fully saturated rings. The maximum absolute atomic E-state index is 2.32. The van der Waals surface area contributed by atoms with Gasteiger partial charge in [-0.2, -0.15) is 0 Å². The molecular weight excluding hydrogens is 546 g/mol. The molecule has 3 heteroatoms. The molecule has 0 amide bonds. The molecular formula is C42H72N3+3. The van der Waals surface area contributed by atoms with Crippen molar-refractivity contribution in [2.24, 2.45) is 0 Å². The van der Waals surface area contributed by atoms with E-state index in [1.807, 2.05) is 0 Å². The van der Waals surface area contributed by atoms with Crippen molar-refractivity contribution in [3.8, 4) is 0 Å². The fourth-order valence-electron chi connectivity index (χ4n) is 6.13. The van der Waals surface area contributed by atoms with Crippen LogP contribution < -0.4 is 0 Å². The summed E-state index contributed by atoms with van der Waals surface area (Å²) in [5.74, 6) is 0. The lowest BCUT2D eigenvalue weighted by Gasteiger charge is -2.39. The summed E-state index contributed by atoms with van der Waals surface area (Å²) in [6, 6.07) is 32.5. The Morgan fingerprint density at radius 3 is 0.933 bits per heavy atom. The zero-order chi connectivity index (χ0) is 33.4. The first kappa shape index (κ1) is 40.6. The molecule has 0 unspecified atom stereocenters.